The predicted molar refractivity (Wildman–Crippen MR) is 82.2 cm³/mol. The molecule has 0 aliphatic heterocycles. The Kier molecular flexibility index (Phi) is 11.6. The average molecular weight is 354 g/mol. The zero-order valence-electron chi connectivity index (χ0n) is 13.4. The second-order valence-electron chi connectivity index (χ2n) is 5.25. The molecule has 0 aromatic heterocycles. The van der Waals surface area contributed by atoms with Crippen LogP contribution in [-0.4, -0.2) is 42.7 Å². The molecule has 2 N–H and O–H groups in total. The first-order chi connectivity index (χ1) is 10.8. The van der Waals surface area contributed by atoms with E-state index in [9.17, 15) is 18.0 Å². The van der Waals surface area contributed by atoms with Crippen molar-refractivity contribution in [2.24, 2.45) is 0 Å². The Balaban J connectivity index is 3.93. The largest absolute Gasteiger partial charge is 0.481 e. The van der Waals surface area contributed by atoms with E-state index in [4.69, 9.17) is 14.4 Å². The molecular weight excluding hydrogens is 328 g/mol. The number of hydrogen-bond acceptors (Lipinski definition) is 6. The van der Waals surface area contributed by atoms with Crippen molar-refractivity contribution in [1.29, 1.82) is 0 Å². The molecule has 0 aromatic rings. The van der Waals surface area contributed by atoms with Gasteiger partial charge in [0, 0.05) is 0 Å². The molecule has 0 amide bonds. The third-order valence-electron chi connectivity index (χ3n) is 3.10. The van der Waals surface area contributed by atoms with Crippen LogP contribution in [0.1, 0.15) is 64.7 Å². The Hall–Kier alpha value is -1.19. The van der Waals surface area contributed by atoms with Crippen LogP contribution in [0.3, 0.4) is 0 Å². The molecule has 1 atom stereocenters. The fourth-order valence-corrected chi connectivity index (χ4v) is 2.40. The van der Waals surface area contributed by atoms with E-state index in [1.807, 2.05) is 0 Å². The summed E-state index contributed by atoms with van der Waals surface area (Å²) in [7, 11) is -4.93. The summed E-state index contributed by atoms with van der Waals surface area (Å²) in [5, 5.41) is 8.60. The minimum absolute atomic E-state index is 0.0543. The molecular formula is C14H26O8S. The van der Waals surface area contributed by atoms with E-state index in [-0.39, 0.29) is 6.61 Å². The van der Waals surface area contributed by atoms with Crippen molar-refractivity contribution in [1.82, 2.24) is 0 Å². The van der Waals surface area contributed by atoms with Gasteiger partial charge in [0.1, 0.15) is 0 Å². The number of carboxylic acid groups (broad SMARTS) is 1. The molecule has 0 bridgehead atoms. The first-order valence-corrected chi connectivity index (χ1v) is 9.17. The molecule has 0 fully saturated rings. The molecule has 0 aromatic carbocycles. The van der Waals surface area contributed by atoms with Crippen molar-refractivity contribution >= 4 is 22.3 Å². The summed E-state index contributed by atoms with van der Waals surface area (Å²) in [6.45, 7) is 2.20. The monoisotopic (exact) mass is 354 g/mol. The molecule has 0 saturated heterocycles. The summed E-state index contributed by atoms with van der Waals surface area (Å²) in [6, 6.07) is 0. The molecule has 0 radical (unpaired) electrons. The zero-order valence-corrected chi connectivity index (χ0v) is 14.2. The van der Waals surface area contributed by atoms with Crippen LogP contribution < -0.4 is 0 Å². The molecule has 23 heavy (non-hydrogen) atoms. The van der Waals surface area contributed by atoms with E-state index in [0.717, 1.165) is 19.3 Å². The molecule has 8 nitrogen and oxygen atoms in total. The lowest BCUT2D eigenvalue weighted by atomic mass is 10.1. The Morgan fingerprint density at radius 1 is 1.00 bits per heavy atom. The van der Waals surface area contributed by atoms with E-state index in [1.165, 1.54) is 25.7 Å². The summed E-state index contributed by atoms with van der Waals surface area (Å²) in [6.07, 6.45) is 5.63. The maximum atomic E-state index is 11.6. The smallest absolute Gasteiger partial charge is 0.398 e. The second-order valence-corrected chi connectivity index (χ2v) is 6.30. The summed E-state index contributed by atoms with van der Waals surface area (Å²) in [5.41, 5.74) is 0. The third-order valence-corrected chi connectivity index (χ3v) is 3.58. The van der Waals surface area contributed by atoms with Crippen molar-refractivity contribution in [2.45, 2.75) is 70.8 Å². The summed E-state index contributed by atoms with van der Waals surface area (Å²) in [5.74, 6) is -2.56. The summed E-state index contributed by atoms with van der Waals surface area (Å²) < 4.78 is 38.5. The SMILES string of the molecule is CCCCCCCCCCOC(=O)C(CC(=O)O)OS(=O)(=O)O. The first-order valence-electron chi connectivity index (χ1n) is 7.80. The van der Waals surface area contributed by atoms with E-state index in [2.05, 4.69) is 11.1 Å². The number of carbonyl (C=O) groups is 2. The van der Waals surface area contributed by atoms with Crippen molar-refractivity contribution in [3.05, 3.63) is 0 Å². The Morgan fingerprint density at radius 2 is 1.52 bits per heavy atom. The number of unbranched alkanes of at least 4 members (excludes halogenated alkanes) is 7. The zero-order chi connectivity index (χ0) is 17.7. The lowest BCUT2D eigenvalue weighted by Crippen LogP contribution is -2.31. The van der Waals surface area contributed by atoms with Crippen LogP contribution in [0.5, 0.6) is 0 Å². The van der Waals surface area contributed by atoms with Gasteiger partial charge in [-0.3, -0.25) is 9.35 Å². The molecule has 1 unspecified atom stereocenters. The van der Waals surface area contributed by atoms with Gasteiger partial charge < -0.3 is 9.84 Å². The van der Waals surface area contributed by atoms with Crippen molar-refractivity contribution < 1.29 is 36.6 Å². The number of ether oxygens (including phenoxy) is 1. The fourth-order valence-electron chi connectivity index (χ4n) is 1.96. The van der Waals surface area contributed by atoms with Crippen molar-refractivity contribution in [3.63, 3.8) is 0 Å². The van der Waals surface area contributed by atoms with Crippen LogP contribution >= 0.6 is 0 Å². The Bertz CT molecular complexity index is 446. The summed E-state index contributed by atoms with van der Waals surface area (Å²) >= 11 is 0. The van der Waals surface area contributed by atoms with Gasteiger partial charge in [-0.2, -0.15) is 8.42 Å². The molecule has 0 heterocycles. The molecule has 0 spiro atoms. The minimum Gasteiger partial charge on any atom is -0.481 e. The second kappa shape index (κ2) is 12.3. The van der Waals surface area contributed by atoms with E-state index < -0.39 is 34.9 Å². The first kappa shape index (κ1) is 21.8. The van der Waals surface area contributed by atoms with Gasteiger partial charge in [-0.1, -0.05) is 51.9 Å². The minimum atomic E-state index is -4.93. The highest BCUT2D eigenvalue weighted by atomic mass is 32.3. The van der Waals surface area contributed by atoms with Gasteiger partial charge in [-0.25, -0.2) is 8.98 Å². The Morgan fingerprint density at radius 3 is 2.00 bits per heavy atom. The highest BCUT2D eigenvalue weighted by Crippen LogP contribution is 2.10. The number of hydrogen-bond donors (Lipinski definition) is 2. The predicted octanol–water partition coefficient (Wildman–Crippen LogP) is 2.33. The van der Waals surface area contributed by atoms with Gasteiger partial charge in [0.25, 0.3) is 0 Å². The molecule has 0 saturated carbocycles. The number of esters is 1. The van der Waals surface area contributed by atoms with Crippen molar-refractivity contribution in [2.75, 3.05) is 6.61 Å². The van der Waals surface area contributed by atoms with Crippen LogP contribution in [0.25, 0.3) is 0 Å². The van der Waals surface area contributed by atoms with Crippen LogP contribution in [0.4, 0.5) is 0 Å². The number of carboxylic acids is 1. The van der Waals surface area contributed by atoms with Crippen molar-refractivity contribution in [3.8, 4) is 0 Å². The van der Waals surface area contributed by atoms with Gasteiger partial charge in [-0.05, 0) is 6.42 Å². The van der Waals surface area contributed by atoms with Gasteiger partial charge in [0.05, 0.1) is 13.0 Å². The van der Waals surface area contributed by atoms with Gasteiger partial charge >= 0.3 is 22.3 Å². The molecule has 0 aliphatic rings. The van der Waals surface area contributed by atoms with Gasteiger partial charge in [0.15, 0.2) is 6.10 Å². The number of carbonyl (C=O) groups excluding carboxylic acids is 1. The average Bonchev–Trinajstić information content (AvgIpc) is 2.42. The lowest BCUT2D eigenvalue weighted by molar-refractivity contribution is -0.156. The highest BCUT2D eigenvalue weighted by molar-refractivity contribution is 7.80. The molecule has 0 rings (SSSR count). The van der Waals surface area contributed by atoms with E-state index >= 15 is 0 Å². The van der Waals surface area contributed by atoms with Crippen LogP contribution in [-0.2, 0) is 28.9 Å². The van der Waals surface area contributed by atoms with Crippen LogP contribution in [0.15, 0.2) is 0 Å². The highest BCUT2D eigenvalue weighted by Gasteiger charge is 2.29. The number of rotatable bonds is 14. The summed E-state index contributed by atoms with van der Waals surface area (Å²) in [4.78, 5) is 22.1. The van der Waals surface area contributed by atoms with E-state index in [1.54, 1.807) is 0 Å². The topological polar surface area (TPSA) is 127 Å². The van der Waals surface area contributed by atoms with Crippen LogP contribution in [0, 0.1) is 0 Å². The molecule has 0 aliphatic carbocycles. The third kappa shape index (κ3) is 14.2. The maximum absolute atomic E-state index is 11.6. The molecule has 9 heteroatoms. The van der Waals surface area contributed by atoms with Gasteiger partial charge in [0.2, 0.25) is 0 Å². The number of aliphatic carboxylic acids is 1. The lowest BCUT2D eigenvalue weighted by Gasteiger charge is -2.12. The van der Waals surface area contributed by atoms with E-state index in [0.29, 0.717) is 6.42 Å². The Labute approximate surface area is 137 Å². The normalized spacial score (nSPS) is 12.8. The standard InChI is InChI=1S/C14H26O8S/c1-2-3-4-5-6-7-8-9-10-21-14(17)12(11-13(15)16)22-23(18,19)20/h12H,2-11H2,1H3,(H,15,16)(H,18,19,20). The maximum Gasteiger partial charge on any atom is 0.398 e. The quantitative estimate of drug-likeness (QED) is 0.276. The molecule has 136 valence electrons. The van der Waals surface area contributed by atoms with Gasteiger partial charge in [-0.15, -0.1) is 0 Å². The fraction of sp³-hybridized carbons (Fsp3) is 0.857. The van der Waals surface area contributed by atoms with Crippen LogP contribution in [0.2, 0.25) is 0 Å².